The van der Waals surface area contributed by atoms with Gasteiger partial charge in [-0.05, 0) is 42.0 Å². The summed E-state index contributed by atoms with van der Waals surface area (Å²) >= 11 is 9.74. The number of carboxylic acid groups (broad SMARTS) is 1. The lowest BCUT2D eigenvalue weighted by molar-refractivity contribution is -0.132. The third-order valence-corrected chi connectivity index (χ3v) is 7.94. The second-order valence-electron chi connectivity index (χ2n) is 7.78. The number of imidazole rings is 1. The van der Waals surface area contributed by atoms with E-state index in [0.29, 0.717) is 34.4 Å². The number of hydrogen-bond donors (Lipinski definition) is 2. The second-order valence-corrected chi connectivity index (χ2v) is 10.5. The molecule has 0 radical (unpaired) electrons. The van der Waals surface area contributed by atoms with Gasteiger partial charge in [-0.3, -0.25) is 0 Å². The number of nitrogens with zero attached hydrogens (tertiary/aromatic N) is 1. The summed E-state index contributed by atoms with van der Waals surface area (Å²) in [6, 6.07) is 11.6. The minimum atomic E-state index is -0.915. The molecule has 0 unspecified atom stereocenters. The molecule has 3 aromatic rings. The molecule has 162 valence electrons. The van der Waals surface area contributed by atoms with E-state index < -0.39 is 5.97 Å². The molecule has 0 saturated heterocycles. The molecule has 0 bridgehead atoms. The number of aromatic nitrogens is 2. The molecule has 1 aliphatic rings. The fourth-order valence-electron chi connectivity index (χ4n) is 3.84. The number of carboxylic acids is 1. The molecule has 1 aliphatic carbocycles. The summed E-state index contributed by atoms with van der Waals surface area (Å²) in [5, 5.41) is 13.9. The Labute approximate surface area is 195 Å². The van der Waals surface area contributed by atoms with Gasteiger partial charge in [0.2, 0.25) is 0 Å². The average molecular weight is 473 g/mol. The third kappa shape index (κ3) is 6.03. The van der Waals surface area contributed by atoms with Gasteiger partial charge in [-0.2, -0.15) is 0 Å². The number of benzene rings is 1. The highest BCUT2D eigenvalue weighted by Crippen LogP contribution is 2.33. The van der Waals surface area contributed by atoms with Crippen LogP contribution in [0.2, 0.25) is 5.02 Å². The van der Waals surface area contributed by atoms with Crippen LogP contribution in [0.4, 0.5) is 0 Å². The van der Waals surface area contributed by atoms with Crippen LogP contribution in [0, 0.1) is 0 Å². The molecular weight excluding hydrogens is 448 g/mol. The number of rotatable bonds is 8. The van der Waals surface area contributed by atoms with Crippen molar-refractivity contribution in [1.82, 2.24) is 9.97 Å². The fourth-order valence-corrected chi connectivity index (χ4v) is 5.98. The van der Waals surface area contributed by atoms with E-state index in [9.17, 15) is 9.90 Å². The molecule has 1 saturated carbocycles. The van der Waals surface area contributed by atoms with Gasteiger partial charge in [-0.25, -0.2) is 9.78 Å². The predicted molar refractivity (Wildman–Crippen MR) is 129 cm³/mol. The quantitative estimate of drug-likeness (QED) is 0.352. The molecule has 1 aromatic carbocycles. The number of aliphatic carboxylic acids is 1. The zero-order chi connectivity index (χ0) is 21.6. The summed E-state index contributed by atoms with van der Waals surface area (Å²) in [6.07, 6.45) is 8.93. The SMILES string of the molecule is O=C(O)/C(=C/c1nc(SC2CCCCC2)[nH]c1Cc1ccccc1Cl)Cc1cccs1. The van der Waals surface area contributed by atoms with E-state index in [1.165, 1.54) is 32.1 Å². The Balaban J connectivity index is 1.65. The highest BCUT2D eigenvalue weighted by atomic mass is 35.5. The summed E-state index contributed by atoms with van der Waals surface area (Å²) in [6.45, 7) is 0. The van der Waals surface area contributed by atoms with Gasteiger partial charge >= 0.3 is 5.97 Å². The number of thioether (sulfide) groups is 1. The van der Waals surface area contributed by atoms with E-state index in [1.54, 1.807) is 29.2 Å². The van der Waals surface area contributed by atoms with Crippen molar-refractivity contribution in [3.05, 3.63) is 74.2 Å². The summed E-state index contributed by atoms with van der Waals surface area (Å²) in [4.78, 5) is 21.2. The first kappa shape index (κ1) is 22.2. The number of aromatic amines is 1. The van der Waals surface area contributed by atoms with Crippen molar-refractivity contribution < 1.29 is 9.90 Å². The smallest absolute Gasteiger partial charge is 0.332 e. The first-order valence-corrected chi connectivity index (χ1v) is 12.7. The lowest BCUT2D eigenvalue weighted by Gasteiger charge is -2.19. The van der Waals surface area contributed by atoms with Crippen LogP contribution >= 0.6 is 34.7 Å². The monoisotopic (exact) mass is 472 g/mol. The number of nitrogens with one attached hydrogen (secondary N) is 1. The zero-order valence-electron chi connectivity index (χ0n) is 17.1. The van der Waals surface area contributed by atoms with Crippen LogP contribution in [-0.4, -0.2) is 26.3 Å². The minimum Gasteiger partial charge on any atom is -0.478 e. The Morgan fingerprint density at radius 1 is 1.23 bits per heavy atom. The van der Waals surface area contributed by atoms with E-state index in [-0.39, 0.29) is 0 Å². The van der Waals surface area contributed by atoms with E-state index in [2.05, 4.69) is 4.98 Å². The first-order chi connectivity index (χ1) is 15.1. The molecular formula is C24H25ClN2O2S2. The van der Waals surface area contributed by atoms with Gasteiger partial charge < -0.3 is 10.1 Å². The van der Waals surface area contributed by atoms with E-state index in [0.717, 1.165) is 21.3 Å². The molecule has 4 nitrogen and oxygen atoms in total. The van der Waals surface area contributed by atoms with Gasteiger partial charge in [-0.1, -0.05) is 66.9 Å². The molecule has 0 aliphatic heterocycles. The van der Waals surface area contributed by atoms with Crippen LogP contribution in [0.25, 0.3) is 6.08 Å². The maximum absolute atomic E-state index is 11.9. The van der Waals surface area contributed by atoms with Gasteiger partial charge in [0.25, 0.3) is 0 Å². The predicted octanol–water partition coefficient (Wildman–Crippen LogP) is 6.85. The number of halogens is 1. The normalized spacial score (nSPS) is 15.3. The average Bonchev–Trinajstić information content (AvgIpc) is 3.40. The van der Waals surface area contributed by atoms with Crippen LogP contribution in [0.3, 0.4) is 0 Å². The van der Waals surface area contributed by atoms with Crippen molar-refractivity contribution >= 4 is 46.7 Å². The van der Waals surface area contributed by atoms with Gasteiger partial charge in [0.05, 0.1) is 5.69 Å². The van der Waals surface area contributed by atoms with Crippen molar-refractivity contribution in [2.75, 3.05) is 0 Å². The van der Waals surface area contributed by atoms with Crippen LogP contribution < -0.4 is 0 Å². The van der Waals surface area contributed by atoms with E-state index in [1.807, 2.05) is 41.8 Å². The molecule has 4 rings (SSSR count). The Hall–Kier alpha value is -2.02. The Morgan fingerprint density at radius 2 is 2.03 bits per heavy atom. The summed E-state index contributed by atoms with van der Waals surface area (Å²) in [7, 11) is 0. The molecule has 0 amide bonds. The topological polar surface area (TPSA) is 66.0 Å². The minimum absolute atomic E-state index is 0.337. The summed E-state index contributed by atoms with van der Waals surface area (Å²) in [5.41, 5.74) is 2.92. The molecule has 2 N–H and O–H groups in total. The third-order valence-electron chi connectivity index (χ3n) is 5.48. The Morgan fingerprint density at radius 3 is 2.74 bits per heavy atom. The van der Waals surface area contributed by atoms with Gasteiger partial charge in [0.1, 0.15) is 0 Å². The van der Waals surface area contributed by atoms with Crippen LogP contribution in [-0.2, 0) is 17.6 Å². The lowest BCUT2D eigenvalue weighted by atomic mass is 10.0. The lowest BCUT2D eigenvalue weighted by Crippen LogP contribution is -2.08. The largest absolute Gasteiger partial charge is 0.478 e. The Kier molecular flexibility index (Phi) is 7.54. The number of H-pyrrole nitrogens is 1. The molecule has 0 atom stereocenters. The fraction of sp³-hybridized carbons (Fsp3) is 0.333. The zero-order valence-corrected chi connectivity index (χ0v) is 19.5. The number of thiophene rings is 1. The molecule has 7 heteroatoms. The highest BCUT2D eigenvalue weighted by Gasteiger charge is 2.19. The molecule has 2 heterocycles. The van der Waals surface area contributed by atoms with Crippen molar-refractivity contribution in [3.8, 4) is 0 Å². The molecule has 1 fully saturated rings. The number of carbonyl (C=O) groups is 1. The van der Waals surface area contributed by atoms with Crippen LogP contribution in [0.15, 0.2) is 52.5 Å². The van der Waals surface area contributed by atoms with Gasteiger partial charge in [-0.15, -0.1) is 11.3 Å². The van der Waals surface area contributed by atoms with E-state index >= 15 is 0 Å². The standard InChI is InChI=1S/C24H25ClN2O2S2/c25-20-11-5-4-7-16(20)14-21-22(15-17(23(28)29)13-19-10-6-12-30-19)27-24(26-21)31-18-8-2-1-3-9-18/h4-7,10-12,15,18H,1-3,8-9,13-14H2,(H,26,27)(H,28,29)/b17-15+. The molecule has 31 heavy (non-hydrogen) atoms. The Bertz CT molecular complexity index is 1050. The van der Waals surface area contributed by atoms with Gasteiger partial charge in [0, 0.05) is 39.3 Å². The van der Waals surface area contributed by atoms with Crippen LogP contribution in [0.1, 0.15) is 53.9 Å². The first-order valence-electron chi connectivity index (χ1n) is 10.5. The highest BCUT2D eigenvalue weighted by molar-refractivity contribution is 7.99. The van der Waals surface area contributed by atoms with Crippen molar-refractivity contribution in [2.24, 2.45) is 0 Å². The van der Waals surface area contributed by atoms with Crippen molar-refractivity contribution in [1.29, 1.82) is 0 Å². The molecule has 0 spiro atoms. The summed E-state index contributed by atoms with van der Waals surface area (Å²) < 4.78 is 0. The molecule has 2 aromatic heterocycles. The maximum Gasteiger partial charge on any atom is 0.332 e. The van der Waals surface area contributed by atoms with E-state index in [4.69, 9.17) is 16.6 Å². The summed E-state index contributed by atoms with van der Waals surface area (Å²) in [5.74, 6) is -0.915. The van der Waals surface area contributed by atoms with Crippen molar-refractivity contribution in [3.63, 3.8) is 0 Å². The number of hydrogen-bond acceptors (Lipinski definition) is 4. The van der Waals surface area contributed by atoms with Gasteiger partial charge in [0.15, 0.2) is 5.16 Å². The van der Waals surface area contributed by atoms with Crippen LogP contribution in [0.5, 0.6) is 0 Å². The van der Waals surface area contributed by atoms with Crippen molar-refractivity contribution in [2.45, 2.75) is 55.4 Å². The second kappa shape index (κ2) is 10.5. The maximum atomic E-state index is 11.9.